The van der Waals surface area contributed by atoms with Crippen LogP contribution in [0.1, 0.15) is 18.1 Å². The molecule has 0 aliphatic heterocycles. The highest BCUT2D eigenvalue weighted by Crippen LogP contribution is 2.09. The summed E-state index contributed by atoms with van der Waals surface area (Å²) in [5.74, 6) is 2.53. The summed E-state index contributed by atoms with van der Waals surface area (Å²) < 4.78 is 12.9. The van der Waals surface area contributed by atoms with Crippen molar-refractivity contribution >= 4 is 41.5 Å². The number of aliphatic imine (C=N–C) groups is 1. The molecule has 0 saturated carbocycles. The smallest absolute Gasteiger partial charge is 0.243 e. The molecule has 7 heteroatoms. The van der Waals surface area contributed by atoms with Crippen LogP contribution in [-0.4, -0.2) is 25.0 Å². The largest absolute Gasteiger partial charge is 0.357 e. The van der Waals surface area contributed by atoms with Gasteiger partial charge in [-0.2, -0.15) is 0 Å². The van der Waals surface area contributed by atoms with Crippen LogP contribution in [0.2, 0.25) is 0 Å². The molecule has 2 aromatic rings. The standard InChI is InChI=1S/C20H21FN4O.HI/c1-3-15-6-5-7-18(12-15)25-19(26)14-24-20(22-4-2)23-13-16-8-10-17(21)11-9-16;/h1,5-12H,4,13-14H2,2H3,(H,25,26)(H2,22,23,24);1H. The number of rotatable bonds is 6. The van der Waals surface area contributed by atoms with Gasteiger partial charge in [-0.05, 0) is 42.8 Å². The zero-order valence-electron chi connectivity index (χ0n) is 15.0. The first-order chi connectivity index (χ1) is 12.6. The molecule has 0 aliphatic carbocycles. The highest BCUT2D eigenvalue weighted by molar-refractivity contribution is 14.0. The molecule has 0 aromatic heterocycles. The molecule has 3 N–H and O–H groups in total. The van der Waals surface area contributed by atoms with Crippen LogP contribution < -0.4 is 16.0 Å². The molecule has 0 saturated heterocycles. The number of guanidine groups is 1. The fourth-order valence-electron chi connectivity index (χ4n) is 2.16. The van der Waals surface area contributed by atoms with E-state index in [4.69, 9.17) is 6.42 Å². The minimum Gasteiger partial charge on any atom is -0.357 e. The van der Waals surface area contributed by atoms with Gasteiger partial charge in [0.15, 0.2) is 5.96 Å². The Bertz CT molecular complexity index is 815. The molecule has 0 heterocycles. The van der Waals surface area contributed by atoms with Crippen molar-refractivity contribution in [1.29, 1.82) is 0 Å². The van der Waals surface area contributed by atoms with Gasteiger partial charge in [0.2, 0.25) is 5.91 Å². The molecule has 0 bridgehead atoms. The monoisotopic (exact) mass is 480 g/mol. The third kappa shape index (κ3) is 8.09. The van der Waals surface area contributed by atoms with Crippen molar-refractivity contribution in [3.63, 3.8) is 0 Å². The van der Waals surface area contributed by atoms with Crippen LogP contribution in [-0.2, 0) is 11.3 Å². The van der Waals surface area contributed by atoms with Gasteiger partial charge >= 0.3 is 0 Å². The maximum atomic E-state index is 12.9. The first-order valence-corrected chi connectivity index (χ1v) is 8.24. The minimum atomic E-state index is -0.284. The molecule has 5 nitrogen and oxygen atoms in total. The Labute approximate surface area is 175 Å². The molecule has 0 aliphatic rings. The quantitative estimate of drug-likeness (QED) is 0.258. The molecule has 0 spiro atoms. The molecule has 2 rings (SSSR count). The van der Waals surface area contributed by atoms with Gasteiger partial charge in [-0.25, -0.2) is 9.38 Å². The van der Waals surface area contributed by atoms with E-state index < -0.39 is 0 Å². The fraction of sp³-hybridized carbons (Fsp3) is 0.200. The molecule has 0 radical (unpaired) electrons. The van der Waals surface area contributed by atoms with Crippen molar-refractivity contribution in [1.82, 2.24) is 10.6 Å². The van der Waals surface area contributed by atoms with Gasteiger partial charge in [-0.15, -0.1) is 30.4 Å². The Morgan fingerprint density at radius 1 is 1.19 bits per heavy atom. The SMILES string of the molecule is C#Cc1cccc(NC(=O)CNC(=NCc2ccc(F)cc2)NCC)c1.I. The number of nitrogens with one attached hydrogen (secondary N) is 3. The summed E-state index contributed by atoms with van der Waals surface area (Å²) in [6.07, 6.45) is 5.35. The Balaban J connectivity index is 0.00000364. The summed E-state index contributed by atoms with van der Waals surface area (Å²) in [5, 5.41) is 8.80. The summed E-state index contributed by atoms with van der Waals surface area (Å²) in [5.41, 5.74) is 2.21. The topological polar surface area (TPSA) is 65.5 Å². The Morgan fingerprint density at radius 3 is 2.59 bits per heavy atom. The van der Waals surface area contributed by atoms with Gasteiger partial charge in [0, 0.05) is 17.8 Å². The van der Waals surface area contributed by atoms with E-state index in [2.05, 4.69) is 26.9 Å². The number of nitrogens with zero attached hydrogens (tertiary/aromatic N) is 1. The molecule has 0 fully saturated rings. The normalized spacial score (nSPS) is 10.3. The van der Waals surface area contributed by atoms with Crippen molar-refractivity contribution in [3.05, 3.63) is 65.5 Å². The summed E-state index contributed by atoms with van der Waals surface area (Å²) in [6.45, 7) is 3.01. The first-order valence-electron chi connectivity index (χ1n) is 8.24. The second-order valence-corrected chi connectivity index (χ2v) is 5.45. The van der Waals surface area contributed by atoms with Crippen LogP contribution in [0.15, 0.2) is 53.5 Å². The highest BCUT2D eigenvalue weighted by atomic mass is 127. The Kier molecular flexibility index (Phi) is 9.90. The molecule has 1 amide bonds. The molecular formula is C20H22FIN4O. The number of benzene rings is 2. The van der Waals surface area contributed by atoms with Crippen LogP contribution in [0.25, 0.3) is 0 Å². The van der Waals surface area contributed by atoms with E-state index in [0.717, 1.165) is 5.56 Å². The van der Waals surface area contributed by atoms with Gasteiger partial charge in [0.1, 0.15) is 5.82 Å². The molecular weight excluding hydrogens is 458 g/mol. The number of terminal acetylenes is 1. The molecule has 2 aromatic carbocycles. The van der Waals surface area contributed by atoms with Crippen molar-refractivity contribution in [2.45, 2.75) is 13.5 Å². The average molecular weight is 480 g/mol. The van der Waals surface area contributed by atoms with E-state index >= 15 is 0 Å². The number of hydrogen-bond donors (Lipinski definition) is 3. The predicted molar refractivity (Wildman–Crippen MR) is 118 cm³/mol. The van der Waals surface area contributed by atoms with Crippen molar-refractivity contribution < 1.29 is 9.18 Å². The fourth-order valence-corrected chi connectivity index (χ4v) is 2.16. The zero-order chi connectivity index (χ0) is 18.8. The van der Waals surface area contributed by atoms with E-state index in [1.807, 2.05) is 6.92 Å². The number of anilines is 1. The van der Waals surface area contributed by atoms with Gasteiger partial charge in [-0.1, -0.05) is 24.1 Å². The number of hydrogen-bond acceptors (Lipinski definition) is 2. The van der Waals surface area contributed by atoms with E-state index in [1.54, 1.807) is 36.4 Å². The number of amides is 1. The lowest BCUT2D eigenvalue weighted by Gasteiger charge is -2.11. The van der Waals surface area contributed by atoms with Gasteiger partial charge in [0.25, 0.3) is 0 Å². The molecule has 142 valence electrons. The van der Waals surface area contributed by atoms with Crippen LogP contribution >= 0.6 is 24.0 Å². The van der Waals surface area contributed by atoms with Crippen LogP contribution in [0.5, 0.6) is 0 Å². The summed E-state index contributed by atoms with van der Waals surface area (Å²) in [4.78, 5) is 16.5. The summed E-state index contributed by atoms with van der Waals surface area (Å²) >= 11 is 0. The second kappa shape index (κ2) is 11.9. The van der Waals surface area contributed by atoms with E-state index in [0.29, 0.717) is 30.3 Å². The minimum absolute atomic E-state index is 0. The Hall–Kier alpha value is -2.60. The van der Waals surface area contributed by atoms with Crippen molar-refractivity contribution in [2.75, 3.05) is 18.4 Å². The van der Waals surface area contributed by atoms with Gasteiger partial charge in [0.05, 0.1) is 13.1 Å². The van der Waals surface area contributed by atoms with Gasteiger partial charge in [-0.3, -0.25) is 4.79 Å². The van der Waals surface area contributed by atoms with Crippen LogP contribution in [0, 0.1) is 18.2 Å². The summed E-state index contributed by atoms with van der Waals surface area (Å²) in [6, 6.07) is 13.2. The van der Waals surface area contributed by atoms with E-state index in [9.17, 15) is 9.18 Å². The molecule has 27 heavy (non-hydrogen) atoms. The van der Waals surface area contributed by atoms with Crippen LogP contribution in [0.4, 0.5) is 10.1 Å². The zero-order valence-corrected chi connectivity index (χ0v) is 17.3. The Morgan fingerprint density at radius 2 is 1.93 bits per heavy atom. The lowest BCUT2D eigenvalue weighted by molar-refractivity contribution is -0.115. The predicted octanol–water partition coefficient (Wildman–Crippen LogP) is 3.12. The maximum absolute atomic E-state index is 12.9. The second-order valence-electron chi connectivity index (χ2n) is 5.45. The van der Waals surface area contributed by atoms with Crippen molar-refractivity contribution in [2.24, 2.45) is 4.99 Å². The third-order valence-corrected chi connectivity index (χ3v) is 3.41. The third-order valence-electron chi connectivity index (χ3n) is 3.41. The molecule has 0 unspecified atom stereocenters. The first kappa shape index (κ1) is 22.4. The lowest BCUT2D eigenvalue weighted by Crippen LogP contribution is -2.41. The maximum Gasteiger partial charge on any atom is 0.243 e. The summed E-state index contributed by atoms with van der Waals surface area (Å²) in [7, 11) is 0. The van der Waals surface area contributed by atoms with Crippen molar-refractivity contribution in [3.8, 4) is 12.3 Å². The van der Waals surface area contributed by atoms with E-state index in [1.165, 1.54) is 12.1 Å². The number of carbonyl (C=O) groups excluding carboxylic acids is 1. The van der Waals surface area contributed by atoms with Crippen LogP contribution in [0.3, 0.4) is 0 Å². The van der Waals surface area contributed by atoms with Gasteiger partial charge < -0.3 is 16.0 Å². The number of halogens is 2. The molecule has 0 atom stereocenters. The lowest BCUT2D eigenvalue weighted by atomic mass is 10.2. The number of carbonyl (C=O) groups is 1. The van der Waals surface area contributed by atoms with E-state index in [-0.39, 0.29) is 42.2 Å². The highest BCUT2D eigenvalue weighted by Gasteiger charge is 2.05. The average Bonchev–Trinajstić information content (AvgIpc) is 2.65.